The Morgan fingerprint density at radius 2 is 2.00 bits per heavy atom. The zero-order valence-corrected chi connectivity index (χ0v) is 16.2. The first kappa shape index (κ1) is 18.8. The Bertz CT molecular complexity index is 1050. The number of aryl methyl sites for hydroxylation is 3. The van der Waals surface area contributed by atoms with Gasteiger partial charge in [0.1, 0.15) is 5.82 Å². The van der Waals surface area contributed by atoms with Gasteiger partial charge in [-0.25, -0.2) is 4.98 Å². The number of amides is 1. The van der Waals surface area contributed by atoms with Gasteiger partial charge in [-0.15, -0.1) is 0 Å². The summed E-state index contributed by atoms with van der Waals surface area (Å²) in [6.45, 7) is 6.83. The largest absolute Gasteiger partial charge is 0.356 e. The van der Waals surface area contributed by atoms with E-state index in [1.807, 2.05) is 16.9 Å². The van der Waals surface area contributed by atoms with Crippen LogP contribution in [0, 0.1) is 20.8 Å². The topological polar surface area (TPSA) is 81.8 Å². The Morgan fingerprint density at radius 1 is 1.22 bits per heavy atom. The SMILES string of the molecule is Cc1c(CC(=O)NCCCn2ncc3c(C)cccc32)nc(C)n(C)c1=O. The van der Waals surface area contributed by atoms with Crippen molar-refractivity contribution >= 4 is 16.8 Å². The highest BCUT2D eigenvalue weighted by Gasteiger charge is 2.12. The molecule has 1 N–H and O–H groups in total. The maximum Gasteiger partial charge on any atom is 0.256 e. The molecule has 0 radical (unpaired) electrons. The lowest BCUT2D eigenvalue weighted by Gasteiger charge is -2.10. The highest BCUT2D eigenvalue weighted by atomic mass is 16.1. The molecule has 2 aromatic heterocycles. The summed E-state index contributed by atoms with van der Waals surface area (Å²) < 4.78 is 3.46. The minimum absolute atomic E-state index is 0.105. The van der Waals surface area contributed by atoms with Crippen molar-refractivity contribution in [1.82, 2.24) is 24.6 Å². The number of hydrogen-bond donors (Lipinski definition) is 1. The third-order valence-corrected chi connectivity index (χ3v) is 4.94. The Morgan fingerprint density at radius 3 is 2.78 bits per heavy atom. The summed E-state index contributed by atoms with van der Waals surface area (Å²) >= 11 is 0. The molecule has 7 nitrogen and oxygen atoms in total. The van der Waals surface area contributed by atoms with Gasteiger partial charge in [-0.3, -0.25) is 18.8 Å². The highest BCUT2D eigenvalue weighted by Crippen LogP contribution is 2.17. The van der Waals surface area contributed by atoms with Gasteiger partial charge < -0.3 is 5.32 Å². The lowest BCUT2D eigenvalue weighted by atomic mass is 10.1. The molecule has 0 aliphatic heterocycles. The predicted molar refractivity (Wildman–Crippen MR) is 105 cm³/mol. The van der Waals surface area contributed by atoms with Crippen LogP contribution < -0.4 is 10.9 Å². The average Bonchev–Trinajstić information content (AvgIpc) is 3.06. The quantitative estimate of drug-likeness (QED) is 0.674. The number of fused-ring (bicyclic) bond motifs is 1. The Labute approximate surface area is 158 Å². The van der Waals surface area contributed by atoms with Gasteiger partial charge in [0.25, 0.3) is 5.56 Å². The summed E-state index contributed by atoms with van der Waals surface area (Å²) in [6, 6.07) is 6.16. The molecule has 3 aromatic rings. The van der Waals surface area contributed by atoms with Gasteiger partial charge in [0, 0.05) is 31.1 Å². The van der Waals surface area contributed by atoms with Crippen molar-refractivity contribution in [3.63, 3.8) is 0 Å². The molecule has 0 fully saturated rings. The van der Waals surface area contributed by atoms with E-state index in [2.05, 4.69) is 34.5 Å². The molecule has 0 saturated heterocycles. The van der Waals surface area contributed by atoms with E-state index in [0.29, 0.717) is 23.6 Å². The van der Waals surface area contributed by atoms with E-state index in [1.165, 1.54) is 10.1 Å². The van der Waals surface area contributed by atoms with E-state index in [1.54, 1.807) is 20.9 Å². The smallest absolute Gasteiger partial charge is 0.256 e. The number of carbonyl (C=O) groups excluding carboxylic acids is 1. The minimum atomic E-state index is -0.126. The summed E-state index contributed by atoms with van der Waals surface area (Å²) in [5.41, 5.74) is 3.28. The molecular formula is C20H25N5O2. The van der Waals surface area contributed by atoms with Crippen molar-refractivity contribution in [1.29, 1.82) is 0 Å². The molecular weight excluding hydrogens is 342 g/mol. The van der Waals surface area contributed by atoms with Crippen LogP contribution in [0.1, 0.15) is 29.1 Å². The number of nitrogens with one attached hydrogen (secondary N) is 1. The van der Waals surface area contributed by atoms with E-state index in [4.69, 9.17) is 0 Å². The number of carbonyl (C=O) groups is 1. The van der Waals surface area contributed by atoms with Crippen molar-refractivity contribution < 1.29 is 4.79 Å². The van der Waals surface area contributed by atoms with E-state index < -0.39 is 0 Å². The molecule has 27 heavy (non-hydrogen) atoms. The number of aromatic nitrogens is 4. The fourth-order valence-electron chi connectivity index (χ4n) is 3.15. The van der Waals surface area contributed by atoms with Crippen LogP contribution >= 0.6 is 0 Å². The average molecular weight is 367 g/mol. The minimum Gasteiger partial charge on any atom is -0.356 e. The van der Waals surface area contributed by atoms with Crippen LogP contribution in [0.2, 0.25) is 0 Å². The standard InChI is InChI=1S/C20H25N5O2/c1-13-7-5-8-18-16(13)12-22-25(18)10-6-9-21-19(26)11-17-14(2)20(27)24(4)15(3)23-17/h5,7-8,12H,6,9-11H2,1-4H3,(H,21,26). The first-order chi connectivity index (χ1) is 12.9. The van der Waals surface area contributed by atoms with Crippen molar-refractivity contribution in [3.05, 3.63) is 57.4 Å². The van der Waals surface area contributed by atoms with Crippen LogP contribution in [0.3, 0.4) is 0 Å². The zero-order chi connectivity index (χ0) is 19.6. The molecule has 0 unspecified atom stereocenters. The summed E-state index contributed by atoms with van der Waals surface area (Å²) in [7, 11) is 1.68. The van der Waals surface area contributed by atoms with Crippen LogP contribution in [0.5, 0.6) is 0 Å². The van der Waals surface area contributed by atoms with Crippen LogP contribution in [0.15, 0.2) is 29.2 Å². The number of hydrogen-bond acceptors (Lipinski definition) is 4. The Hall–Kier alpha value is -2.96. The third-order valence-electron chi connectivity index (χ3n) is 4.94. The van der Waals surface area contributed by atoms with Gasteiger partial charge in [0.15, 0.2) is 0 Å². The second-order valence-corrected chi connectivity index (χ2v) is 6.85. The van der Waals surface area contributed by atoms with Gasteiger partial charge in [0.2, 0.25) is 5.91 Å². The van der Waals surface area contributed by atoms with Crippen molar-refractivity contribution in [3.8, 4) is 0 Å². The van der Waals surface area contributed by atoms with E-state index in [9.17, 15) is 9.59 Å². The molecule has 0 aliphatic rings. The summed E-state index contributed by atoms with van der Waals surface area (Å²) in [5.74, 6) is 0.480. The molecule has 0 spiro atoms. The first-order valence-electron chi connectivity index (χ1n) is 9.09. The van der Waals surface area contributed by atoms with Crippen LogP contribution in [0.4, 0.5) is 0 Å². The first-order valence-corrected chi connectivity index (χ1v) is 9.09. The highest BCUT2D eigenvalue weighted by molar-refractivity contribution is 5.82. The lowest BCUT2D eigenvalue weighted by Crippen LogP contribution is -2.30. The van der Waals surface area contributed by atoms with Crippen molar-refractivity contribution in [2.45, 2.75) is 40.2 Å². The zero-order valence-electron chi connectivity index (χ0n) is 16.2. The molecule has 0 bridgehead atoms. The Kier molecular flexibility index (Phi) is 5.39. The second-order valence-electron chi connectivity index (χ2n) is 6.85. The monoisotopic (exact) mass is 367 g/mol. The number of nitrogens with zero attached hydrogens (tertiary/aromatic N) is 4. The summed E-state index contributed by atoms with van der Waals surface area (Å²) in [6.07, 6.45) is 2.78. The molecule has 3 rings (SSSR count). The second kappa shape index (κ2) is 7.73. The van der Waals surface area contributed by atoms with Gasteiger partial charge in [-0.1, -0.05) is 12.1 Å². The van der Waals surface area contributed by atoms with Gasteiger partial charge >= 0.3 is 0 Å². The van der Waals surface area contributed by atoms with Crippen molar-refractivity contribution in [2.24, 2.45) is 7.05 Å². The van der Waals surface area contributed by atoms with E-state index >= 15 is 0 Å². The van der Waals surface area contributed by atoms with Gasteiger partial charge in [-0.2, -0.15) is 5.10 Å². The van der Waals surface area contributed by atoms with Crippen LogP contribution in [0.25, 0.3) is 10.9 Å². The van der Waals surface area contributed by atoms with Crippen LogP contribution in [-0.4, -0.2) is 31.8 Å². The molecule has 0 saturated carbocycles. The van der Waals surface area contributed by atoms with Crippen LogP contribution in [-0.2, 0) is 24.8 Å². The summed E-state index contributed by atoms with van der Waals surface area (Å²) in [5, 5.41) is 8.50. The van der Waals surface area contributed by atoms with Gasteiger partial charge in [0.05, 0.1) is 23.8 Å². The fraction of sp³-hybridized carbons (Fsp3) is 0.400. The lowest BCUT2D eigenvalue weighted by molar-refractivity contribution is -0.120. The fourth-order valence-corrected chi connectivity index (χ4v) is 3.15. The van der Waals surface area contributed by atoms with E-state index in [0.717, 1.165) is 23.9 Å². The maximum atomic E-state index is 12.2. The molecule has 1 aromatic carbocycles. The third kappa shape index (κ3) is 3.92. The molecule has 1 amide bonds. The normalized spacial score (nSPS) is 11.1. The Balaban J connectivity index is 1.54. The molecule has 2 heterocycles. The molecule has 0 atom stereocenters. The molecule has 7 heteroatoms. The number of rotatable bonds is 6. The van der Waals surface area contributed by atoms with Gasteiger partial charge in [-0.05, 0) is 38.8 Å². The number of benzene rings is 1. The predicted octanol–water partition coefficient (Wildman–Crippen LogP) is 1.80. The molecule has 0 aliphatic carbocycles. The molecule has 142 valence electrons. The maximum absolute atomic E-state index is 12.2. The van der Waals surface area contributed by atoms with Crippen molar-refractivity contribution in [2.75, 3.05) is 6.54 Å². The summed E-state index contributed by atoms with van der Waals surface area (Å²) in [4.78, 5) is 28.7. The van der Waals surface area contributed by atoms with E-state index in [-0.39, 0.29) is 17.9 Å².